The van der Waals surface area contributed by atoms with Gasteiger partial charge in [0, 0.05) is 18.3 Å². The molecule has 120 valence electrons. The summed E-state index contributed by atoms with van der Waals surface area (Å²) in [6.45, 7) is 2.21. The zero-order chi connectivity index (χ0) is 15.2. The Morgan fingerprint density at radius 2 is 1.95 bits per heavy atom. The lowest BCUT2D eigenvalue weighted by molar-refractivity contribution is -0.133. The fourth-order valence-electron chi connectivity index (χ4n) is 3.78. The summed E-state index contributed by atoms with van der Waals surface area (Å²) < 4.78 is 0. The van der Waals surface area contributed by atoms with Gasteiger partial charge in [-0.15, -0.1) is 0 Å². The van der Waals surface area contributed by atoms with Crippen LogP contribution in [-0.4, -0.2) is 28.2 Å². The van der Waals surface area contributed by atoms with Crippen LogP contribution in [0.5, 0.6) is 0 Å². The number of hydrogen-bond acceptors (Lipinski definition) is 3. The molecule has 3 heteroatoms. The third kappa shape index (κ3) is 4.40. The maximum absolute atomic E-state index is 11.4. The number of ketones is 1. The molecule has 0 aromatic carbocycles. The Morgan fingerprint density at radius 3 is 2.62 bits per heavy atom. The summed E-state index contributed by atoms with van der Waals surface area (Å²) in [6, 6.07) is 0. The molecular formula is C18H30O3. The van der Waals surface area contributed by atoms with Crippen molar-refractivity contribution in [3.8, 4) is 0 Å². The third-order valence-corrected chi connectivity index (χ3v) is 5.21. The second-order valence-electron chi connectivity index (χ2n) is 6.83. The lowest BCUT2D eigenvalue weighted by Crippen LogP contribution is -2.35. The van der Waals surface area contributed by atoms with Crippen molar-refractivity contribution < 1.29 is 15.0 Å². The van der Waals surface area contributed by atoms with Gasteiger partial charge in [0.05, 0.1) is 12.2 Å². The van der Waals surface area contributed by atoms with Crippen LogP contribution in [0.1, 0.15) is 64.7 Å². The van der Waals surface area contributed by atoms with Crippen molar-refractivity contribution >= 4 is 5.78 Å². The molecule has 2 rings (SSSR count). The number of aliphatic hydroxyl groups excluding tert-OH is 2. The van der Waals surface area contributed by atoms with E-state index in [2.05, 4.69) is 6.92 Å². The van der Waals surface area contributed by atoms with E-state index in [4.69, 9.17) is 0 Å². The van der Waals surface area contributed by atoms with Gasteiger partial charge in [-0.25, -0.2) is 0 Å². The lowest BCUT2D eigenvalue weighted by atomic mass is 9.71. The van der Waals surface area contributed by atoms with Gasteiger partial charge in [-0.3, -0.25) is 4.79 Å². The van der Waals surface area contributed by atoms with E-state index < -0.39 is 12.2 Å². The van der Waals surface area contributed by atoms with E-state index in [0.29, 0.717) is 24.5 Å². The van der Waals surface area contributed by atoms with E-state index in [1.54, 1.807) is 0 Å². The highest BCUT2D eigenvalue weighted by molar-refractivity contribution is 5.88. The van der Waals surface area contributed by atoms with Crippen LogP contribution in [0.25, 0.3) is 0 Å². The first-order valence-corrected chi connectivity index (χ1v) is 8.70. The van der Waals surface area contributed by atoms with Gasteiger partial charge in [-0.1, -0.05) is 57.6 Å². The molecule has 2 saturated carbocycles. The molecular weight excluding hydrogens is 264 g/mol. The summed E-state index contributed by atoms with van der Waals surface area (Å²) in [7, 11) is 0. The molecule has 0 spiro atoms. The van der Waals surface area contributed by atoms with Crippen molar-refractivity contribution in [2.75, 3.05) is 0 Å². The van der Waals surface area contributed by atoms with Crippen LogP contribution < -0.4 is 0 Å². The minimum Gasteiger partial charge on any atom is -0.392 e. The molecule has 2 fully saturated rings. The van der Waals surface area contributed by atoms with Crippen molar-refractivity contribution in [1.82, 2.24) is 0 Å². The minimum absolute atomic E-state index is 0.0758. The molecule has 3 unspecified atom stereocenters. The summed E-state index contributed by atoms with van der Waals surface area (Å²) in [5.41, 5.74) is 0. The van der Waals surface area contributed by atoms with Gasteiger partial charge in [0.1, 0.15) is 5.78 Å². The zero-order valence-corrected chi connectivity index (χ0v) is 13.2. The maximum atomic E-state index is 11.4. The second kappa shape index (κ2) is 8.09. The Labute approximate surface area is 128 Å². The number of fused-ring (bicyclic) bond motifs is 1. The van der Waals surface area contributed by atoms with Crippen LogP contribution in [0.2, 0.25) is 0 Å². The summed E-state index contributed by atoms with van der Waals surface area (Å²) in [5.74, 6) is 0.796. The van der Waals surface area contributed by atoms with Crippen molar-refractivity contribution in [2.45, 2.75) is 76.9 Å². The molecule has 0 saturated heterocycles. The molecule has 0 bridgehead atoms. The fourth-order valence-corrected chi connectivity index (χ4v) is 3.78. The molecule has 2 aliphatic carbocycles. The van der Waals surface area contributed by atoms with Crippen LogP contribution >= 0.6 is 0 Å². The second-order valence-corrected chi connectivity index (χ2v) is 6.83. The van der Waals surface area contributed by atoms with Crippen LogP contribution in [0, 0.1) is 17.8 Å². The highest BCUT2D eigenvalue weighted by Gasteiger charge is 2.51. The van der Waals surface area contributed by atoms with E-state index in [1.165, 1.54) is 32.1 Å². The van der Waals surface area contributed by atoms with Crippen LogP contribution in [-0.2, 0) is 4.79 Å². The largest absolute Gasteiger partial charge is 0.392 e. The molecule has 3 nitrogen and oxygen atoms in total. The Hall–Kier alpha value is -0.670. The molecule has 2 aliphatic rings. The van der Waals surface area contributed by atoms with Crippen LogP contribution in [0.4, 0.5) is 0 Å². The van der Waals surface area contributed by atoms with Gasteiger partial charge in [0.25, 0.3) is 0 Å². The van der Waals surface area contributed by atoms with E-state index in [-0.39, 0.29) is 11.8 Å². The zero-order valence-electron chi connectivity index (χ0n) is 13.2. The normalized spacial score (nSPS) is 33.2. The minimum atomic E-state index is -0.404. The summed E-state index contributed by atoms with van der Waals surface area (Å²) in [4.78, 5) is 11.4. The van der Waals surface area contributed by atoms with E-state index >= 15 is 0 Å². The van der Waals surface area contributed by atoms with Gasteiger partial charge >= 0.3 is 0 Å². The number of carbonyl (C=O) groups excluding carboxylic acids is 1. The molecule has 0 heterocycles. The molecule has 21 heavy (non-hydrogen) atoms. The van der Waals surface area contributed by atoms with Crippen molar-refractivity contribution in [1.29, 1.82) is 0 Å². The number of hydrogen-bond donors (Lipinski definition) is 2. The summed E-state index contributed by atoms with van der Waals surface area (Å²) in [6.07, 6.45) is 12.4. The number of carbonyl (C=O) groups is 1. The predicted octanol–water partition coefficient (Wildman–Crippen LogP) is 3.24. The number of Topliss-reactive ketones (excluding diaryl/α,β-unsaturated/α-hetero) is 1. The quantitative estimate of drug-likeness (QED) is 0.507. The van der Waals surface area contributed by atoms with E-state index in [0.717, 1.165) is 12.8 Å². The predicted molar refractivity (Wildman–Crippen MR) is 83.9 cm³/mol. The average Bonchev–Trinajstić information content (AvgIpc) is 2.72. The first-order valence-electron chi connectivity index (χ1n) is 8.70. The van der Waals surface area contributed by atoms with Gasteiger partial charge < -0.3 is 10.2 Å². The molecule has 0 aromatic heterocycles. The fraction of sp³-hybridized carbons (Fsp3) is 0.833. The maximum Gasteiger partial charge on any atom is 0.136 e. The van der Waals surface area contributed by atoms with E-state index in [9.17, 15) is 15.0 Å². The number of rotatable bonds is 9. The first-order chi connectivity index (χ1) is 10.1. The van der Waals surface area contributed by atoms with Gasteiger partial charge in [0.2, 0.25) is 0 Å². The molecule has 5 atom stereocenters. The van der Waals surface area contributed by atoms with Gasteiger partial charge in [-0.05, 0) is 18.8 Å². The Kier molecular flexibility index (Phi) is 6.43. The Balaban J connectivity index is 1.63. The molecule has 0 aromatic rings. The SMILES string of the molecule is CCCCCCCCC(O)C=CC1C(O)C[C@@H]2C(=O)C[C@@H]12. The van der Waals surface area contributed by atoms with Crippen LogP contribution in [0.15, 0.2) is 12.2 Å². The highest BCUT2D eigenvalue weighted by atomic mass is 16.3. The van der Waals surface area contributed by atoms with Gasteiger partial charge in [-0.2, -0.15) is 0 Å². The van der Waals surface area contributed by atoms with Crippen molar-refractivity contribution in [3.63, 3.8) is 0 Å². The first kappa shape index (κ1) is 16.7. The average molecular weight is 294 g/mol. The molecule has 0 aliphatic heterocycles. The molecule has 0 radical (unpaired) electrons. The Bertz CT molecular complexity index is 363. The monoisotopic (exact) mass is 294 g/mol. The molecule has 0 amide bonds. The number of aliphatic hydroxyl groups is 2. The van der Waals surface area contributed by atoms with Gasteiger partial charge in [0.15, 0.2) is 0 Å². The molecule has 2 N–H and O–H groups in total. The third-order valence-electron chi connectivity index (χ3n) is 5.21. The smallest absolute Gasteiger partial charge is 0.136 e. The summed E-state index contributed by atoms with van der Waals surface area (Å²) >= 11 is 0. The highest BCUT2D eigenvalue weighted by Crippen LogP contribution is 2.48. The van der Waals surface area contributed by atoms with Crippen molar-refractivity contribution in [3.05, 3.63) is 12.2 Å². The lowest BCUT2D eigenvalue weighted by Gasteiger charge is -2.31. The van der Waals surface area contributed by atoms with Crippen LogP contribution in [0.3, 0.4) is 0 Å². The van der Waals surface area contributed by atoms with E-state index in [1.807, 2.05) is 12.2 Å². The van der Waals surface area contributed by atoms with Crippen molar-refractivity contribution in [2.24, 2.45) is 17.8 Å². The summed E-state index contributed by atoms with van der Waals surface area (Å²) in [5, 5.41) is 20.0. The number of unbranched alkanes of at least 4 members (excludes halogenated alkanes) is 5. The topological polar surface area (TPSA) is 57.5 Å². The Morgan fingerprint density at radius 1 is 1.24 bits per heavy atom. The standard InChI is InChI=1S/C18H30O3/c1-2-3-4-5-6-7-8-13(19)9-10-14-15-11-18(21)16(15)12-17(14)20/h9-10,13-17,19-20H,2-8,11-12H2,1H3/t13?,14?,15-,16-,17?/m0/s1.